The molecule has 1 fully saturated rings. The van der Waals surface area contributed by atoms with Crippen molar-refractivity contribution < 1.29 is 9.84 Å². The number of hydrogen-bond acceptors (Lipinski definition) is 3. The molecular weight excluding hydrogens is 214 g/mol. The van der Waals surface area contributed by atoms with Gasteiger partial charge in [-0.2, -0.15) is 0 Å². The van der Waals surface area contributed by atoms with Crippen LogP contribution in [0.4, 0.5) is 0 Å². The van der Waals surface area contributed by atoms with E-state index in [0.29, 0.717) is 6.10 Å². The molecule has 17 heavy (non-hydrogen) atoms. The van der Waals surface area contributed by atoms with Crippen LogP contribution in [0.15, 0.2) is 24.3 Å². The summed E-state index contributed by atoms with van der Waals surface area (Å²) in [6, 6.07) is 8.05. The topological polar surface area (TPSA) is 32.7 Å². The van der Waals surface area contributed by atoms with Gasteiger partial charge in [-0.3, -0.25) is 4.90 Å². The van der Waals surface area contributed by atoms with E-state index in [1.165, 1.54) is 0 Å². The standard InChI is InChI=1S/C14H21NO2/c1-14(2,10-16)11-4-6-12(7-5-11)17-13-8-15(3)9-13/h4-7,13,16H,8-10H2,1-3H3. The molecule has 0 saturated carbocycles. The molecule has 1 N–H and O–H groups in total. The Labute approximate surface area is 103 Å². The van der Waals surface area contributed by atoms with Crippen LogP contribution in [0, 0.1) is 0 Å². The molecule has 1 saturated heterocycles. The Hall–Kier alpha value is -1.06. The van der Waals surface area contributed by atoms with Crippen LogP contribution in [-0.4, -0.2) is 42.9 Å². The Kier molecular flexibility index (Phi) is 3.40. The van der Waals surface area contributed by atoms with Crippen molar-refractivity contribution in [3.05, 3.63) is 29.8 Å². The van der Waals surface area contributed by atoms with E-state index in [1.54, 1.807) is 0 Å². The average molecular weight is 235 g/mol. The van der Waals surface area contributed by atoms with Crippen molar-refractivity contribution in [2.24, 2.45) is 0 Å². The minimum atomic E-state index is -0.185. The van der Waals surface area contributed by atoms with Gasteiger partial charge in [-0.05, 0) is 24.7 Å². The summed E-state index contributed by atoms with van der Waals surface area (Å²) in [6.07, 6.45) is 0.330. The maximum Gasteiger partial charge on any atom is 0.124 e. The van der Waals surface area contributed by atoms with E-state index in [0.717, 1.165) is 24.4 Å². The van der Waals surface area contributed by atoms with Crippen molar-refractivity contribution in [2.45, 2.75) is 25.4 Å². The van der Waals surface area contributed by atoms with Crippen molar-refractivity contribution in [3.8, 4) is 5.75 Å². The van der Waals surface area contributed by atoms with Gasteiger partial charge in [0, 0.05) is 18.5 Å². The maximum atomic E-state index is 9.30. The lowest BCUT2D eigenvalue weighted by Crippen LogP contribution is -2.51. The van der Waals surface area contributed by atoms with Gasteiger partial charge in [0.25, 0.3) is 0 Å². The highest BCUT2D eigenvalue weighted by molar-refractivity contribution is 5.32. The Morgan fingerprint density at radius 1 is 1.29 bits per heavy atom. The van der Waals surface area contributed by atoms with E-state index in [-0.39, 0.29) is 12.0 Å². The minimum Gasteiger partial charge on any atom is -0.488 e. The molecule has 1 aliphatic heterocycles. The Bertz CT molecular complexity index is 366. The van der Waals surface area contributed by atoms with Gasteiger partial charge in [0.15, 0.2) is 0 Å². The van der Waals surface area contributed by atoms with Gasteiger partial charge in [0.2, 0.25) is 0 Å². The summed E-state index contributed by atoms with van der Waals surface area (Å²) >= 11 is 0. The molecule has 1 aliphatic rings. The van der Waals surface area contributed by atoms with Gasteiger partial charge in [-0.15, -0.1) is 0 Å². The van der Waals surface area contributed by atoms with Gasteiger partial charge in [0.05, 0.1) is 6.61 Å². The van der Waals surface area contributed by atoms with E-state index < -0.39 is 0 Å². The summed E-state index contributed by atoms with van der Waals surface area (Å²) < 4.78 is 5.82. The first-order chi connectivity index (χ1) is 8.01. The SMILES string of the molecule is CN1CC(Oc2ccc(C(C)(C)CO)cc2)C1. The number of benzene rings is 1. The van der Waals surface area contributed by atoms with Gasteiger partial charge in [-0.1, -0.05) is 26.0 Å². The third-order valence-corrected chi connectivity index (χ3v) is 3.36. The maximum absolute atomic E-state index is 9.30. The quantitative estimate of drug-likeness (QED) is 0.861. The van der Waals surface area contributed by atoms with Crippen LogP contribution in [0.5, 0.6) is 5.75 Å². The number of aliphatic hydroxyl groups is 1. The molecule has 1 aromatic carbocycles. The molecule has 0 radical (unpaired) electrons. The van der Waals surface area contributed by atoms with Gasteiger partial charge < -0.3 is 9.84 Å². The molecule has 0 unspecified atom stereocenters. The molecule has 0 aromatic heterocycles. The summed E-state index contributed by atoms with van der Waals surface area (Å²) in [5, 5.41) is 9.30. The van der Waals surface area contributed by atoms with Gasteiger partial charge >= 0.3 is 0 Å². The highest BCUT2D eigenvalue weighted by Gasteiger charge is 2.25. The molecule has 0 atom stereocenters. The zero-order valence-corrected chi connectivity index (χ0v) is 10.8. The largest absolute Gasteiger partial charge is 0.488 e. The Morgan fingerprint density at radius 3 is 2.35 bits per heavy atom. The minimum absolute atomic E-state index is 0.153. The van der Waals surface area contributed by atoms with Crippen LogP contribution in [0.25, 0.3) is 0 Å². The molecule has 0 bridgehead atoms. The number of likely N-dealkylation sites (tertiary alicyclic amines) is 1. The number of aliphatic hydroxyl groups excluding tert-OH is 1. The fourth-order valence-electron chi connectivity index (χ4n) is 1.98. The second kappa shape index (κ2) is 4.67. The van der Waals surface area contributed by atoms with Crippen LogP contribution in [0.1, 0.15) is 19.4 Å². The highest BCUT2D eigenvalue weighted by Crippen LogP contribution is 2.25. The molecule has 1 heterocycles. The summed E-state index contributed by atoms with van der Waals surface area (Å²) in [5.41, 5.74) is 0.952. The van der Waals surface area contributed by atoms with Crippen LogP contribution >= 0.6 is 0 Å². The van der Waals surface area contributed by atoms with Crippen LogP contribution in [0.3, 0.4) is 0 Å². The lowest BCUT2D eigenvalue weighted by Gasteiger charge is -2.36. The van der Waals surface area contributed by atoms with Gasteiger partial charge in [-0.25, -0.2) is 0 Å². The fraction of sp³-hybridized carbons (Fsp3) is 0.571. The molecule has 3 nitrogen and oxygen atoms in total. The van der Waals surface area contributed by atoms with E-state index in [2.05, 4.69) is 11.9 Å². The first kappa shape index (κ1) is 12.4. The third kappa shape index (κ3) is 2.79. The molecule has 94 valence electrons. The number of rotatable bonds is 4. The zero-order chi connectivity index (χ0) is 12.5. The predicted molar refractivity (Wildman–Crippen MR) is 68.5 cm³/mol. The summed E-state index contributed by atoms with van der Waals surface area (Å²) in [4.78, 5) is 2.23. The molecule has 0 amide bonds. The number of nitrogens with zero attached hydrogens (tertiary/aromatic N) is 1. The molecular formula is C14H21NO2. The number of hydrogen-bond donors (Lipinski definition) is 1. The lowest BCUT2D eigenvalue weighted by atomic mass is 9.86. The third-order valence-electron chi connectivity index (χ3n) is 3.36. The summed E-state index contributed by atoms with van der Waals surface area (Å²) in [5.74, 6) is 0.917. The van der Waals surface area contributed by atoms with Crippen molar-refractivity contribution >= 4 is 0 Å². The van der Waals surface area contributed by atoms with Crippen molar-refractivity contribution in [2.75, 3.05) is 26.7 Å². The summed E-state index contributed by atoms with van der Waals surface area (Å²) in [6.45, 7) is 6.22. The molecule has 0 spiro atoms. The second-order valence-corrected chi connectivity index (χ2v) is 5.53. The van der Waals surface area contributed by atoms with Crippen molar-refractivity contribution in [1.29, 1.82) is 0 Å². The fourth-order valence-corrected chi connectivity index (χ4v) is 1.98. The van der Waals surface area contributed by atoms with Crippen LogP contribution in [0.2, 0.25) is 0 Å². The first-order valence-corrected chi connectivity index (χ1v) is 6.08. The van der Waals surface area contributed by atoms with Gasteiger partial charge in [0.1, 0.15) is 11.9 Å². The average Bonchev–Trinajstić information content (AvgIpc) is 2.28. The smallest absolute Gasteiger partial charge is 0.124 e. The highest BCUT2D eigenvalue weighted by atomic mass is 16.5. The molecule has 2 rings (SSSR count). The first-order valence-electron chi connectivity index (χ1n) is 6.08. The Balaban J connectivity index is 1.98. The number of likely N-dealkylation sites (N-methyl/N-ethyl adjacent to an activating group) is 1. The molecule has 0 aliphatic carbocycles. The van der Waals surface area contributed by atoms with Crippen molar-refractivity contribution in [3.63, 3.8) is 0 Å². The monoisotopic (exact) mass is 235 g/mol. The second-order valence-electron chi connectivity index (χ2n) is 5.53. The van der Waals surface area contributed by atoms with E-state index in [4.69, 9.17) is 4.74 Å². The molecule has 3 heteroatoms. The van der Waals surface area contributed by atoms with Crippen LogP contribution in [-0.2, 0) is 5.41 Å². The predicted octanol–water partition coefficient (Wildman–Crippen LogP) is 1.65. The van der Waals surface area contributed by atoms with Crippen molar-refractivity contribution in [1.82, 2.24) is 4.90 Å². The zero-order valence-electron chi connectivity index (χ0n) is 10.8. The number of ether oxygens (including phenoxy) is 1. The lowest BCUT2D eigenvalue weighted by molar-refractivity contribution is 0.0388. The normalized spacial score (nSPS) is 17.9. The van der Waals surface area contributed by atoms with E-state index in [1.807, 2.05) is 38.1 Å². The van der Waals surface area contributed by atoms with E-state index >= 15 is 0 Å². The Morgan fingerprint density at radius 2 is 1.88 bits per heavy atom. The summed E-state index contributed by atoms with van der Waals surface area (Å²) in [7, 11) is 2.09. The van der Waals surface area contributed by atoms with E-state index in [9.17, 15) is 5.11 Å². The molecule has 1 aromatic rings. The van der Waals surface area contributed by atoms with Crippen LogP contribution < -0.4 is 4.74 Å².